The molecule has 0 spiro atoms. The minimum Gasteiger partial charge on any atom is -0.396 e. The van der Waals surface area contributed by atoms with Crippen LogP contribution in [-0.4, -0.2) is 5.78 Å². The zero-order valence-electron chi connectivity index (χ0n) is 11.1. The average Bonchev–Trinajstić information content (AvgIpc) is 2.44. The van der Waals surface area contributed by atoms with Gasteiger partial charge in [-0.25, -0.2) is 8.78 Å². The van der Waals surface area contributed by atoms with Gasteiger partial charge in [0.1, 0.15) is 5.82 Å². The van der Waals surface area contributed by atoms with Crippen LogP contribution in [0.15, 0.2) is 36.4 Å². The van der Waals surface area contributed by atoms with Gasteiger partial charge in [0.15, 0.2) is 11.6 Å². The Hall–Kier alpha value is -2.23. The Labute approximate surface area is 116 Å². The summed E-state index contributed by atoms with van der Waals surface area (Å²) in [6.07, 6.45) is 1.89. The highest BCUT2D eigenvalue weighted by molar-refractivity contribution is 6.09. The fraction of sp³-hybridized carbons (Fsp3) is 0.188. The SMILES string of the molecule is CCCc1ccc(C(=O)c2c(F)ccc(N)c2F)cc1. The number of hydrogen-bond acceptors (Lipinski definition) is 2. The van der Waals surface area contributed by atoms with Crippen molar-refractivity contribution in [2.75, 3.05) is 5.73 Å². The van der Waals surface area contributed by atoms with Crippen molar-refractivity contribution in [3.05, 3.63) is 64.7 Å². The predicted molar refractivity (Wildman–Crippen MR) is 74.6 cm³/mol. The largest absolute Gasteiger partial charge is 0.396 e. The van der Waals surface area contributed by atoms with Gasteiger partial charge in [-0.3, -0.25) is 4.79 Å². The summed E-state index contributed by atoms with van der Waals surface area (Å²) >= 11 is 0. The number of carbonyl (C=O) groups excluding carboxylic acids is 1. The average molecular weight is 275 g/mol. The summed E-state index contributed by atoms with van der Waals surface area (Å²) in [5, 5.41) is 0. The van der Waals surface area contributed by atoms with Gasteiger partial charge in [-0.1, -0.05) is 37.6 Å². The lowest BCUT2D eigenvalue weighted by Crippen LogP contribution is -2.09. The van der Waals surface area contributed by atoms with Gasteiger partial charge in [0, 0.05) is 5.56 Å². The molecule has 0 heterocycles. The molecule has 2 N–H and O–H groups in total. The van der Waals surface area contributed by atoms with Crippen molar-refractivity contribution in [2.24, 2.45) is 0 Å². The zero-order valence-corrected chi connectivity index (χ0v) is 11.1. The van der Waals surface area contributed by atoms with Crippen LogP contribution in [0.1, 0.15) is 34.8 Å². The minimum atomic E-state index is -1.01. The third kappa shape index (κ3) is 2.69. The Bertz CT molecular complexity index is 636. The van der Waals surface area contributed by atoms with E-state index < -0.39 is 23.0 Å². The number of aryl methyl sites for hydroxylation is 1. The first kappa shape index (κ1) is 14.2. The molecule has 0 unspecified atom stereocenters. The second-order valence-corrected chi connectivity index (χ2v) is 4.60. The summed E-state index contributed by atoms with van der Waals surface area (Å²) in [5.41, 5.74) is 5.86. The Balaban J connectivity index is 2.39. The highest BCUT2D eigenvalue weighted by Crippen LogP contribution is 2.22. The molecule has 0 aromatic heterocycles. The van der Waals surface area contributed by atoms with Gasteiger partial charge in [0.25, 0.3) is 0 Å². The van der Waals surface area contributed by atoms with Crippen LogP contribution < -0.4 is 5.73 Å². The molecule has 4 heteroatoms. The van der Waals surface area contributed by atoms with E-state index in [1.807, 2.05) is 0 Å². The van der Waals surface area contributed by atoms with Crippen LogP contribution >= 0.6 is 0 Å². The van der Waals surface area contributed by atoms with Gasteiger partial charge < -0.3 is 5.73 Å². The van der Waals surface area contributed by atoms with Crippen LogP contribution in [-0.2, 0) is 6.42 Å². The predicted octanol–water partition coefficient (Wildman–Crippen LogP) is 3.73. The van der Waals surface area contributed by atoms with Crippen LogP contribution in [0.5, 0.6) is 0 Å². The van der Waals surface area contributed by atoms with Crippen LogP contribution in [0.4, 0.5) is 14.5 Å². The van der Waals surface area contributed by atoms with Crippen molar-refractivity contribution in [1.29, 1.82) is 0 Å². The van der Waals surface area contributed by atoms with E-state index in [1.165, 1.54) is 0 Å². The van der Waals surface area contributed by atoms with Crippen LogP contribution in [0.25, 0.3) is 0 Å². The molecule has 0 bridgehead atoms. The van der Waals surface area contributed by atoms with Gasteiger partial charge >= 0.3 is 0 Å². The van der Waals surface area contributed by atoms with Crippen molar-refractivity contribution >= 4 is 11.5 Å². The van der Waals surface area contributed by atoms with Crippen molar-refractivity contribution < 1.29 is 13.6 Å². The molecule has 2 aromatic carbocycles. The van der Waals surface area contributed by atoms with E-state index in [0.29, 0.717) is 0 Å². The lowest BCUT2D eigenvalue weighted by Gasteiger charge is -2.07. The van der Waals surface area contributed by atoms with E-state index >= 15 is 0 Å². The van der Waals surface area contributed by atoms with Crippen molar-refractivity contribution in [3.8, 4) is 0 Å². The van der Waals surface area contributed by atoms with Gasteiger partial charge in [-0.05, 0) is 24.1 Å². The molecule has 104 valence electrons. The van der Waals surface area contributed by atoms with Crippen molar-refractivity contribution in [2.45, 2.75) is 19.8 Å². The molecule has 0 saturated carbocycles. The molecule has 0 saturated heterocycles. The molecular weight excluding hydrogens is 260 g/mol. The molecule has 2 rings (SSSR count). The first-order valence-electron chi connectivity index (χ1n) is 6.41. The van der Waals surface area contributed by atoms with Crippen LogP contribution in [0, 0.1) is 11.6 Å². The van der Waals surface area contributed by atoms with E-state index in [0.717, 1.165) is 30.5 Å². The first-order valence-corrected chi connectivity index (χ1v) is 6.41. The number of benzene rings is 2. The number of carbonyl (C=O) groups is 1. The highest BCUT2D eigenvalue weighted by Gasteiger charge is 2.20. The Morgan fingerprint density at radius 2 is 1.75 bits per heavy atom. The third-order valence-electron chi connectivity index (χ3n) is 3.10. The molecule has 0 radical (unpaired) electrons. The lowest BCUT2D eigenvalue weighted by molar-refractivity contribution is 0.103. The number of nitrogen functional groups attached to an aromatic ring is 1. The van der Waals surface area contributed by atoms with Gasteiger partial charge in [-0.2, -0.15) is 0 Å². The molecule has 2 nitrogen and oxygen atoms in total. The quantitative estimate of drug-likeness (QED) is 0.682. The van der Waals surface area contributed by atoms with Gasteiger partial charge in [0.05, 0.1) is 11.3 Å². The topological polar surface area (TPSA) is 43.1 Å². The number of halogens is 2. The molecular formula is C16H15F2NO. The van der Waals surface area contributed by atoms with E-state index in [2.05, 4.69) is 6.92 Å². The fourth-order valence-corrected chi connectivity index (χ4v) is 2.03. The number of nitrogens with two attached hydrogens (primary N) is 1. The molecule has 0 aliphatic heterocycles. The Kier molecular flexibility index (Phi) is 4.13. The zero-order chi connectivity index (χ0) is 14.7. The van der Waals surface area contributed by atoms with Gasteiger partial charge in [-0.15, -0.1) is 0 Å². The molecule has 0 aliphatic rings. The smallest absolute Gasteiger partial charge is 0.199 e. The fourth-order valence-electron chi connectivity index (χ4n) is 2.03. The number of ketones is 1. The second-order valence-electron chi connectivity index (χ2n) is 4.60. The lowest BCUT2D eigenvalue weighted by atomic mass is 9.99. The second kappa shape index (κ2) is 5.82. The molecule has 0 aliphatic carbocycles. The Morgan fingerprint density at radius 3 is 2.35 bits per heavy atom. The normalized spacial score (nSPS) is 10.6. The highest BCUT2D eigenvalue weighted by atomic mass is 19.1. The molecule has 0 atom stereocenters. The summed E-state index contributed by atoms with van der Waals surface area (Å²) in [5.74, 6) is -2.61. The van der Waals surface area contributed by atoms with E-state index in [9.17, 15) is 13.6 Å². The van der Waals surface area contributed by atoms with Crippen LogP contribution in [0.2, 0.25) is 0 Å². The van der Waals surface area contributed by atoms with Gasteiger partial charge in [0.2, 0.25) is 0 Å². The minimum absolute atomic E-state index is 0.239. The van der Waals surface area contributed by atoms with E-state index in [1.54, 1.807) is 24.3 Å². The summed E-state index contributed by atoms with van der Waals surface area (Å²) in [6, 6.07) is 8.84. The van der Waals surface area contributed by atoms with E-state index in [4.69, 9.17) is 5.73 Å². The number of hydrogen-bond donors (Lipinski definition) is 1. The summed E-state index contributed by atoms with van der Waals surface area (Å²) < 4.78 is 27.5. The number of anilines is 1. The maximum Gasteiger partial charge on any atom is 0.199 e. The van der Waals surface area contributed by atoms with Crippen molar-refractivity contribution in [1.82, 2.24) is 0 Å². The van der Waals surface area contributed by atoms with Crippen LogP contribution in [0.3, 0.4) is 0 Å². The molecule has 0 amide bonds. The first-order chi connectivity index (χ1) is 9.54. The van der Waals surface area contributed by atoms with E-state index in [-0.39, 0.29) is 11.3 Å². The Morgan fingerprint density at radius 1 is 1.10 bits per heavy atom. The summed E-state index contributed by atoms with van der Waals surface area (Å²) in [4.78, 5) is 12.2. The molecule has 20 heavy (non-hydrogen) atoms. The van der Waals surface area contributed by atoms with Crippen molar-refractivity contribution in [3.63, 3.8) is 0 Å². The maximum absolute atomic E-state index is 13.8. The number of rotatable bonds is 4. The monoisotopic (exact) mass is 275 g/mol. The third-order valence-corrected chi connectivity index (χ3v) is 3.10. The standard InChI is InChI=1S/C16H15F2NO/c1-2-3-10-4-6-11(7-5-10)16(20)14-12(17)8-9-13(19)15(14)18/h4-9H,2-3,19H2,1H3. The summed E-state index contributed by atoms with van der Waals surface area (Å²) in [7, 11) is 0. The molecule has 2 aromatic rings. The summed E-state index contributed by atoms with van der Waals surface area (Å²) in [6.45, 7) is 2.05. The maximum atomic E-state index is 13.8. The molecule has 0 fully saturated rings.